The van der Waals surface area contributed by atoms with Crippen LogP contribution in [0.2, 0.25) is 0 Å². The lowest BCUT2D eigenvalue weighted by Crippen LogP contribution is -2.42. The molecule has 0 aliphatic carbocycles. The summed E-state index contributed by atoms with van der Waals surface area (Å²) in [4.78, 5) is 13.5. The van der Waals surface area contributed by atoms with Gasteiger partial charge in [-0.1, -0.05) is 12.2 Å². The molecule has 0 unspecified atom stereocenters. The van der Waals surface area contributed by atoms with Crippen molar-refractivity contribution in [3.63, 3.8) is 0 Å². The Balaban J connectivity index is 2.57. The SMILES string of the molecule is C=CCC(=O)N1CCCC[C@H]1C=C. The molecule has 1 fully saturated rings. The molecule has 0 spiro atoms. The first kappa shape index (κ1) is 10.0. The highest BCUT2D eigenvalue weighted by Crippen LogP contribution is 2.18. The second-order valence-corrected chi connectivity index (χ2v) is 3.38. The van der Waals surface area contributed by atoms with Gasteiger partial charge in [-0.15, -0.1) is 13.2 Å². The standard InChI is InChI=1S/C11H17NO/c1-3-7-11(13)12-9-6-5-8-10(12)4-2/h3-4,10H,1-2,5-9H2/t10-/m1/s1. The normalized spacial score (nSPS) is 22.5. The maximum atomic E-state index is 11.6. The summed E-state index contributed by atoms with van der Waals surface area (Å²) in [7, 11) is 0. The second kappa shape index (κ2) is 4.85. The third-order valence-corrected chi connectivity index (χ3v) is 2.46. The smallest absolute Gasteiger partial charge is 0.226 e. The van der Waals surface area contributed by atoms with Crippen LogP contribution >= 0.6 is 0 Å². The summed E-state index contributed by atoms with van der Waals surface area (Å²) in [6.07, 6.45) is 7.37. The minimum absolute atomic E-state index is 0.180. The first-order chi connectivity index (χ1) is 6.29. The zero-order valence-electron chi connectivity index (χ0n) is 8.04. The summed E-state index contributed by atoms with van der Waals surface area (Å²) in [5, 5.41) is 0. The van der Waals surface area contributed by atoms with Crippen LogP contribution in [-0.2, 0) is 4.79 Å². The number of nitrogens with zero attached hydrogens (tertiary/aromatic N) is 1. The van der Waals surface area contributed by atoms with Crippen molar-refractivity contribution >= 4 is 5.91 Å². The maximum Gasteiger partial charge on any atom is 0.226 e. The highest BCUT2D eigenvalue weighted by molar-refractivity contribution is 5.78. The highest BCUT2D eigenvalue weighted by atomic mass is 16.2. The topological polar surface area (TPSA) is 20.3 Å². The molecule has 1 heterocycles. The Labute approximate surface area is 79.9 Å². The molecule has 0 aromatic rings. The molecule has 1 amide bonds. The number of carbonyl (C=O) groups is 1. The van der Waals surface area contributed by atoms with Crippen molar-refractivity contribution in [3.8, 4) is 0 Å². The van der Waals surface area contributed by atoms with Gasteiger partial charge in [-0.05, 0) is 19.3 Å². The Hall–Kier alpha value is -1.05. The lowest BCUT2D eigenvalue weighted by Gasteiger charge is -2.33. The quantitative estimate of drug-likeness (QED) is 0.608. The van der Waals surface area contributed by atoms with E-state index < -0.39 is 0 Å². The summed E-state index contributed by atoms with van der Waals surface area (Å²) >= 11 is 0. The number of amides is 1. The van der Waals surface area contributed by atoms with Crippen LogP contribution in [0.15, 0.2) is 25.3 Å². The van der Waals surface area contributed by atoms with Gasteiger partial charge in [0.1, 0.15) is 0 Å². The van der Waals surface area contributed by atoms with E-state index in [2.05, 4.69) is 13.2 Å². The zero-order valence-corrected chi connectivity index (χ0v) is 8.04. The molecule has 13 heavy (non-hydrogen) atoms. The molecule has 0 N–H and O–H groups in total. The van der Waals surface area contributed by atoms with Crippen LogP contribution in [0.3, 0.4) is 0 Å². The average molecular weight is 179 g/mol. The molecule has 0 aromatic heterocycles. The predicted molar refractivity (Wildman–Crippen MR) is 54.4 cm³/mol. The van der Waals surface area contributed by atoms with Crippen molar-refractivity contribution in [2.24, 2.45) is 0 Å². The molecule has 0 bridgehead atoms. The van der Waals surface area contributed by atoms with Crippen molar-refractivity contribution in [1.29, 1.82) is 0 Å². The van der Waals surface area contributed by atoms with E-state index >= 15 is 0 Å². The number of rotatable bonds is 3. The van der Waals surface area contributed by atoms with Gasteiger partial charge in [0.2, 0.25) is 5.91 Å². The van der Waals surface area contributed by atoms with Gasteiger partial charge in [-0.2, -0.15) is 0 Å². The van der Waals surface area contributed by atoms with E-state index in [1.807, 2.05) is 11.0 Å². The maximum absolute atomic E-state index is 11.6. The highest BCUT2D eigenvalue weighted by Gasteiger charge is 2.22. The summed E-state index contributed by atoms with van der Waals surface area (Å²) in [5.41, 5.74) is 0. The van der Waals surface area contributed by atoms with Crippen molar-refractivity contribution in [2.75, 3.05) is 6.54 Å². The van der Waals surface area contributed by atoms with Crippen LogP contribution < -0.4 is 0 Å². The molecule has 72 valence electrons. The van der Waals surface area contributed by atoms with E-state index in [0.29, 0.717) is 6.42 Å². The Morgan fingerprint density at radius 2 is 2.23 bits per heavy atom. The number of hydrogen-bond acceptors (Lipinski definition) is 1. The molecule has 2 heteroatoms. The van der Waals surface area contributed by atoms with Gasteiger partial charge >= 0.3 is 0 Å². The average Bonchev–Trinajstić information content (AvgIpc) is 2.18. The van der Waals surface area contributed by atoms with Crippen LogP contribution in [0, 0.1) is 0 Å². The van der Waals surface area contributed by atoms with E-state index in [4.69, 9.17) is 0 Å². The summed E-state index contributed by atoms with van der Waals surface area (Å²) in [6.45, 7) is 8.21. The van der Waals surface area contributed by atoms with Gasteiger partial charge in [-0.25, -0.2) is 0 Å². The zero-order chi connectivity index (χ0) is 9.68. The summed E-state index contributed by atoms with van der Waals surface area (Å²) in [5.74, 6) is 0.180. The first-order valence-electron chi connectivity index (χ1n) is 4.82. The van der Waals surface area contributed by atoms with E-state index in [9.17, 15) is 4.79 Å². The Morgan fingerprint density at radius 1 is 1.46 bits per heavy atom. The second-order valence-electron chi connectivity index (χ2n) is 3.38. The Kier molecular flexibility index (Phi) is 3.74. The van der Waals surface area contributed by atoms with Crippen LogP contribution in [0.5, 0.6) is 0 Å². The van der Waals surface area contributed by atoms with Crippen molar-refractivity contribution < 1.29 is 4.79 Å². The van der Waals surface area contributed by atoms with Gasteiger partial charge in [-0.3, -0.25) is 4.79 Å². The Morgan fingerprint density at radius 3 is 2.85 bits per heavy atom. The molecule has 1 aliphatic rings. The summed E-state index contributed by atoms with van der Waals surface area (Å²) < 4.78 is 0. The van der Waals surface area contributed by atoms with Gasteiger partial charge in [0, 0.05) is 19.0 Å². The number of piperidine rings is 1. The van der Waals surface area contributed by atoms with Gasteiger partial charge in [0.05, 0.1) is 0 Å². The minimum Gasteiger partial charge on any atom is -0.336 e. The molecule has 0 radical (unpaired) electrons. The third kappa shape index (κ3) is 2.44. The molecule has 0 saturated carbocycles. The van der Waals surface area contributed by atoms with Crippen molar-refractivity contribution in [1.82, 2.24) is 4.90 Å². The fourth-order valence-corrected chi connectivity index (χ4v) is 1.75. The van der Waals surface area contributed by atoms with Gasteiger partial charge in [0.25, 0.3) is 0 Å². The number of likely N-dealkylation sites (tertiary alicyclic amines) is 1. The monoisotopic (exact) mass is 179 g/mol. The first-order valence-corrected chi connectivity index (χ1v) is 4.82. The van der Waals surface area contributed by atoms with E-state index in [-0.39, 0.29) is 11.9 Å². The molecule has 1 aliphatic heterocycles. The summed E-state index contributed by atoms with van der Waals surface area (Å²) in [6, 6.07) is 0.251. The van der Waals surface area contributed by atoms with Crippen LogP contribution in [0.1, 0.15) is 25.7 Å². The van der Waals surface area contributed by atoms with E-state index in [1.165, 1.54) is 6.42 Å². The molecule has 1 saturated heterocycles. The molecular formula is C11H17NO. The molecule has 1 atom stereocenters. The fraction of sp³-hybridized carbons (Fsp3) is 0.545. The van der Waals surface area contributed by atoms with E-state index in [0.717, 1.165) is 19.4 Å². The van der Waals surface area contributed by atoms with Crippen molar-refractivity contribution in [3.05, 3.63) is 25.3 Å². The van der Waals surface area contributed by atoms with Crippen LogP contribution in [0.4, 0.5) is 0 Å². The largest absolute Gasteiger partial charge is 0.336 e. The lowest BCUT2D eigenvalue weighted by atomic mass is 10.0. The van der Waals surface area contributed by atoms with Crippen LogP contribution in [-0.4, -0.2) is 23.4 Å². The van der Waals surface area contributed by atoms with E-state index in [1.54, 1.807) is 6.08 Å². The molecule has 0 aromatic carbocycles. The molecule has 2 nitrogen and oxygen atoms in total. The minimum atomic E-state index is 0.180. The number of carbonyl (C=O) groups excluding carboxylic acids is 1. The molecule has 1 rings (SSSR count). The van der Waals surface area contributed by atoms with Gasteiger partial charge < -0.3 is 4.90 Å². The molecular weight excluding hydrogens is 162 g/mol. The predicted octanol–water partition coefficient (Wildman–Crippen LogP) is 2.13. The lowest BCUT2D eigenvalue weighted by molar-refractivity contribution is -0.132. The third-order valence-electron chi connectivity index (χ3n) is 2.46. The van der Waals surface area contributed by atoms with Crippen molar-refractivity contribution in [2.45, 2.75) is 31.7 Å². The Bertz CT molecular complexity index is 210. The van der Waals surface area contributed by atoms with Gasteiger partial charge in [0.15, 0.2) is 0 Å². The number of hydrogen-bond donors (Lipinski definition) is 0. The fourth-order valence-electron chi connectivity index (χ4n) is 1.75. The van der Waals surface area contributed by atoms with Crippen LogP contribution in [0.25, 0.3) is 0 Å².